The summed E-state index contributed by atoms with van der Waals surface area (Å²) in [4.78, 5) is 0. The lowest BCUT2D eigenvalue weighted by Gasteiger charge is -2.28. The fourth-order valence-corrected chi connectivity index (χ4v) is 4.25. The molecule has 170 valence electrons. The van der Waals surface area contributed by atoms with Gasteiger partial charge < -0.3 is 9.47 Å². The van der Waals surface area contributed by atoms with Crippen molar-refractivity contribution in [1.82, 2.24) is 0 Å². The molecule has 0 radical (unpaired) electrons. The highest BCUT2D eigenvalue weighted by atomic mass is 19.3. The maximum atomic E-state index is 14.3. The Labute approximate surface area is 181 Å². The van der Waals surface area contributed by atoms with Gasteiger partial charge in [-0.2, -0.15) is 13.2 Å². The third kappa shape index (κ3) is 6.14. The van der Waals surface area contributed by atoms with E-state index in [1.807, 2.05) is 12.1 Å². The van der Waals surface area contributed by atoms with E-state index in [-0.39, 0.29) is 30.1 Å². The topological polar surface area (TPSA) is 18.5 Å². The summed E-state index contributed by atoms with van der Waals surface area (Å²) in [6, 6.07) is 9.34. The Morgan fingerprint density at radius 2 is 1.58 bits per heavy atom. The lowest BCUT2D eigenvalue weighted by atomic mass is 9.78. The van der Waals surface area contributed by atoms with E-state index in [9.17, 15) is 17.6 Å². The van der Waals surface area contributed by atoms with Gasteiger partial charge in [-0.15, -0.1) is 0 Å². The van der Waals surface area contributed by atoms with Gasteiger partial charge in [0.25, 0.3) is 0 Å². The van der Waals surface area contributed by atoms with Gasteiger partial charge in [-0.05, 0) is 80.2 Å². The summed E-state index contributed by atoms with van der Waals surface area (Å²) in [6.45, 7) is 4.05. The molecule has 0 saturated heterocycles. The van der Waals surface area contributed by atoms with Gasteiger partial charge in [0.2, 0.25) is 5.82 Å². The van der Waals surface area contributed by atoms with Gasteiger partial charge in [-0.1, -0.05) is 31.5 Å². The molecule has 0 amide bonds. The van der Waals surface area contributed by atoms with E-state index in [0.717, 1.165) is 24.3 Å². The molecule has 0 aliphatic heterocycles. The van der Waals surface area contributed by atoms with E-state index in [1.165, 1.54) is 31.4 Å². The minimum absolute atomic E-state index is 0.0642. The van der Waals surface area contributed by atoms with Crippen LogP contribution in [0.15, 0.2) is 36.4 Å². The molecule has 0 atom stereocenters. The molecule has 0 heterocycles. The fraction of sp³-hybridized carbons (Fsp3) is 0.520. The van der Waals surface area contributed by atoms with Crippen LogP contribution in [0, 0.1) is 17.6 Å². The minimum atomic E-state index is -3.50. The molecule has 31 heavy (non-hydrogen) atoms. The van der Waals surface area contributed by atoms with Crippen LogP contribution in [0.3, 0.4) is 0 Å². The summed E-state index contributed by atoms with van der Waals surface area (Å²) < 4.78 is 66.5. The Bertz CT molecular complexity index is 843. The van der Waals surface area contributed by atoms with Crippen molar-refractivity contribution in [1.29, 1.82) is 0 Å². The molecule has 1 aliphatic rings. The standard InChI is InChI=1S/C25H30F4O2/c1-3-17-5-7-18(8-6-17)19-9-12-21(13-10-19)31-25(28,29)16-15-20-11-14-22(30-4-2)24(27)23(20)26/h9-14,17-18H,3-8,15-16H2,1-2H3. The molecule has 2 nitrogen and oxygen atoms in total. The summed E-state index contributed by atoms with van der Waals surface area (Å²) in [5.41, 5.74) is 1.01. The Balaban J connectivity index is 1.56. The van der Waals surface area contributed by atoms with Crippen molar-refractivity contribution in [3.05, 3.63) is 59.2 Å². The van der Waals surface area contributed by atoms with Crippen molar-refractivity contribution in [2.45, 2.75) is 70.8 Å². The number of hydrogen-bond acceptors (Lipinski definition) is 2. The van der Waals surface area contributed by atoms with E-state index in [1.54, 1.807) is 19.1 Å². The van der Waals surface area contributed by atoms with Crippen LogP contribution in [0.4, 0.5) is 17.6 Å². The van der Waals surface area contributed by atoms with Crippen LogP contribution in [0.1, 0.15) is 69.4 Å². The molecule has 2 aromatic rings. The molecule has 6 heteroatoms. The lowest BCUT2D eigenvalue weighted by Crippen LogP contribution is -2.25. The molecule has 0 aromatic heterocycles. The van der Waals surface area contributed by atoms with Crippen LogP contribution in [0.5, 0.6) is 11.5 Å². The Kier molecular flexibility index (Phi) is 7.84. The molecule has 0 N–H and O–H groups in total. The van der Waals surface area contributed by atoms with Gasteiger partial charge in [-0.25, -0.2) is 4.39 Å². The molecule has 0 bridgehead atoms. The summed E-state index contributed by atoms with van der Waals surface area (Å²) in [5, 5.41) is 0. The van der Waals surface area contributed by atoms with Gasteiger partial charge in [0.15, 0.2) is 11.6 Å². The van der Waals surface area contributed by atoms with Crippen LogP contribution in [0.25, 0.3) is 0 Å². The average molecular weight is 439 g/mol. The first-order valence-corrected chi connectivity index (χ1v) is 11.1. The molecular weight excluding hydrogens is 408 g/mol. The Morgan fingerprint density at radius 3 is 2.19 bits per heavy atom. The van der Waals surface area contributed by atoms with Crippen molar-refractivity contribution in [2.24, 2.45) is 5.92 Å². The Hall–Kier alpha value is -2.24. The molecule has 0 unspecified atom stereocenters. The second-order valence-corrected chi connectivity index (χ2v) is 8.22. The van der Waals surface area contributed by atoms with Crippen molar-refractivity contribution in [3.63, 3.8) is 0 Å². The molecule has 0 spiro atoms. The van der Waals surface area contributed by atoms with Crippen molar-refractivity contribution in [3.8, 4) is 11.5 Å². The van der Waals surface area contributed by atoms with E-state index in [2.05, 4.69) is 6.92 Å². The van der Waals surface area contributed by atoms with E-state index in [4.69, 9.17) is 9.47 Å². The number of hydrogen-bond donors (Lipinski definition) is 0. The second-order valence-electron chi connectivity index (χ2n) is 8.22. The van der Waals surface area contributed by atoms with Gasteiger partial charge >= 0.3 is 6.11 Å². The van der Waals surface area contributed by atoms with Crippen molar-refractivity contribution >= 4 is 0 Å². The maximum absolute atomic E-state index is 14.3. The number of aryl methyl sites for hydroxylation is 1. The first-order chi connectivity index (χ1) is 14.8. The van der Waals surface area contributed by atoms with Gasteiger partial charge in [0.05, 0.1) is 13.0 Å². The van der Waals surface area contributed by atoms with Gasteiger partial charge in [-0.3, -0.25) is 0 Å². The molecule has 1 fully saturated rings. The summed E-state index contributed by atoms with van der Waals surface area (Å²) in [5.74, 6) is -1.22. The maximum Gasteiger partial charge on any atom is 0.398 e. The highest BCUT2D eigenvalue weighted by Gasteiger charge is 2.32. The summed E-state index contributed by atoms with van der Waals surface area (Å²) in [7, 11) is 0. The zero-order valence-electron chi connectivity index (χ0n) is 18.1. The smallest absolute Gasteiger partial charge is 0.398 e. The predicted octanol–water partition coefficient (Wildman–Crippen LogP) is 7.65. The third-order valence-electron chi connectivity index (χ3n) is 6.15. The van der Waals surface area contributed by atoms with Crippen molar-refractivity contribution in [2.75, 3.05) is 6.61 Å². The average Bonchev–Trinajstić information content (AvgIpc) is 2.77. The van der Waals surface area contributed by atoms with E-state index >= 15 is 0 Å². The molecular formula is C25H30F4O2. The predicted molar refractivity (Wildman–Crippen MR) is 113 cm³/mol. The van der Waals surface area contributed by atoms with Crippen LogP contribution in [0.2, 0.25) is 0 Å². The van der Waals surface area contributed by atoms with Crippen LogP contribution in [-0.2, 0) is 6.42 Å². The fourth-order valence-electron chi connectivity index (χ4n) is 4.25. The van der Waals surface area contributed by atoms with Gasteiger partial charge in [0, 0.05) is 0 Å². The van der Waals surface area contributed by atoms with Crippen molar-refractivity contribution < 1.29 is 27.0 Å². The quantitative estimate of drug-likeness (QED) is 0.374. The van der Waals surface area contributed by atoms with Crippen LogP contribution in [-0.4, -0.2) is 12.7 Å². The monoisotopic (exact) mass is 438 g/mol. The number of alkyl halides is 2. The van der Waals surface area contributed by atoms with E-state index < -0.39 is 24.2 Å². The largest absolute Gasteiger partial charge is 0.491 e. The number of ether oxygens (including phenoxy) is 2. The zero-order chi connectivity index (χ0) is 22.4. The lowest BCUT2D eigenvalue weighted by molar-refractivity contribution is -0.180. The molecule has 1 aliphatic carbocycles. The Morgan fingerprint density at radius 1 is 0.903 bits per heavy atom. The SMILES string of the molecule is CCOc1ccc(CCC(F)(F)Oc2ccc(C3CCC(CC)CC3)cc2)c(F)c1F. The molecule has 2 aromatic carbocycles. The third-order valence-corrected chi connectivity index (χ3v) is 6.15. The van der Waals surface area contributed by atoms with E-state index in [0.29, 0.717) is 5.92 Å². The van der Waals surface area contributed by atoms with Crippen LogP contribution >= 0.6 is 0 Å². The highest BCUT2D eigenvalue weighted by molar-refractivity contribution is 5.32. The minimum Gasteiger partial charge on any atom is -0.491 e. The number of rotatable bonds is 9. The van der Waals surface area contributed by atoms with Gasteiger partial charge in [0.1, 0.15) is 5.75 Å². The molecule has 1 saturated carbocycles. The summed E-state index contributed by atoms with van der Waals surface area (Å²) in [6.07, 6.45) is 1.25. The number of halogens is 4. The normalized spacial score (nSPS) is 19.3. The first kappa shape index (κ1) is 23.4. The first-order valence-electron chi connectivity index (χ1n) is 11.1. The van der Waals surface area contributed by atoms with Crippen LogP contribution < -0.4 is 9.47 Å². The highest BCUT2D eigenvalue weighted by Crippen LogP contribution is 2.38. The number of benzene rings is 2. The second kappa shape index (κ2) is 10.4. The zero-order valence-corrected chi connectivity index (χ0v) is 18.1. The summed E-state index contributed by atoms with van der Waals surface area (Å²) >= 11 is 0. The molecule has 3 rings (SSSR count).